The molecule has 1 atom stereocenters. The zero-order valence-electron chi connectivity index (χ0n) is 33.6. The third kappa shape index (κ3) is 6.37. The van der Waals surface area contributed by atoms with Crippen molar-refractivity contribution < 1.29 is 9.47 Å². The first-order valence-electron chi connectivity index (χ1n) is 20.6. The smallest absolute Gasteiger partial charge is 0.161 e. The Hall–Kier alpha value is -5.67. The molecule has 0 aliphatic heterocycles. The molecule has 0 amide bonds. The summed E-state index contributed by atoms with van der Waals surface area (Å²) in [5.74, 6) is 1.70. The highest BCUT2D eigenvalue weighted by Crippen LogP contribution is 2.64. The van der Waals surface area contributed by atoms with Crippen molar-refractivity contribution in [3.63, 3.8) is 0 Å². The Morgan fingerprint density at radius 3 is 1.96 bits per heavy atom. The third-order valence-electron chi connectivity index (χ3n) is 12.1. The molecule has 6 aromatic carbocycles. The Morgan fingerprint density at radius 1 is 0.571 bits per heavy atom. The van der Waals surface area contributed by atoms with Crippen LogP contribution in [0.2, 0.25) is 0 Å². The normalized spacial score (nSPS) is 15.6. The second-order valence-corrected chi connectivity index (χ2v) is 15.6. The second kappa shape index (κ2) is 15.8. The first-order chi connectivity index (χ1) is 27.4. The predicted molar refractivity (Wildman–Crippen MR) is 235 cm³/mol. The van der Waals surface area contributed by atoms with Crippen LogP contribution in [-0.2, 0) is 5.41 Å². The molecular formula is C53H53NO2. The van der Waals surface area contributed by atoms with Gasteiger partial charge in [-0.05, 0) is 152 Å². The maximum atomic E-state index is 7.70. The van der Waals surface area contributed by atoms with Gasteiger partial charge in [-0.15, -0.1) is 0 Å². The number of fused-ring (bicyclic) bond motifs is 10. The molecule has 1 unspecified atom stereocenters. The standard InChI is InChI=1S/C53H53NO2/c1-6-8-14-27-55-51-33-46-44-29-35(3)36(4)30-49(44)53(50(46)34-52(51)56-28-15-9-7-2)47-22-13-12-21-43(47)45-32-41(23-24-48(45)53)40-19-16-18-39(31-40)37(5)42-20-11-10-17-38(42)25-26-54/h10-13,16-26,29-34,54H,6-9,14-15,27-28H2,1-5H3/b38-25-,42-37+,54-26?. The lowest BCUT2D eigenvalue weighted by molar-refractivity contribution is 0.259. The second-order valence-electron chi connectivity index (χ2n) is 15.6. The average molecular weight is 736 g/mol. The zero-order chi connectivity index (χ0) is 38.8. The molecule has 2 aliphatic rings. The first-order valence-corrected chi connectivity index (χ1v) is 20.6. The molecule has 3 nitrogen and oxygen atoms in total. The number of hydrogen-bond acceptors (Lipinski definition) is 3. The summed E-state index contributed by atoms with van der Waals surface area (Å²) in [7, 11) is 0. The van der Waals surface area contributed by atoms with Crippen LogP contribution in [0.25, 0.3) is 45.0 Å². The van der Waals surface area contributed by atoms with E-state index in [0.717, 1.165) is 60.5 Å². The molecule has 0 fully saturated rings. The minimum atomic E-state index is -0.489. The minimum absolute atomic E-state index is 0.489. The monoisotopic (exact) mass is 735 g/mol. The summed E-state index contributed by atoms with van der Waals surface area (Å²) in [5.41, 5.74) is 17.2. The van der Waals surface area contributed by atoms with Gasteiger partial charge in [0.25, 0.3) is 0 Å². The molecule has 3 heteroatoms. The Morgan fingerprint density at radius 2 is 1.20 bits per heavy atom. The highest BCUT2D eigenvalue weighted by molar-refractivity contribution is 5.97. The van der Waals surface area contributed by atoms with E-state index in [1.165, 1.54) is 84.1 Å². The number of ether oxygens (including phenoxy) is 2. The van der Waals surface area contributed by atoms with Crippen LogP contribution >= 0.6 is 0 Å². The molecule has 282 valence electrons. The van der Waals surface area contributed by atoms with Gasteiger partial charge in [0.1, 0.15) is 0 Å². The van der Waals surface area contributed by atoms with E-state index in [1.807, 2.05) is 12.1 Å². The predicted octanol–water partition coefficient (Wildman–Crippen LogP) is 12.1. The van der Waals surface area contributed by atoms with Crippen molar-refractivity contribution in [2.75, 3.05) is 13.2 Å². The van der Waals surface area contributed by atoms with Gasteiger partial charge in [0, 0.05) is 6.21 Å². The summed E-state index contributed by atoms with van der Waals surface area (Å²) < 4.78 is 13.2. The number of aryl methyl sites for hydroxylation is 2. The van der Waals surface area contributed by atoms with Crippen LogP contribution in [0.5, 0.6) is 11.5 Å². The van der Waals surface area contributed by atoms with Crippen molar-refractivity contribution in [2.45, 2.75) is 78.6 Å². The van der Waals surface area contributed by atoms with Crippen molar-refractivity contribution in [2.24, 2.45) is 0 Å². The average Bonchev–Trinajstić information content (AvgIpc) is 3.66. The van der Waals surface area contributed by atoms with E-state index >= 15 is 0 Å². The maximum Gasteiger partial charge on any atom is 0.161 e. The maximum absolute atomic E-state index is 7.70. The van der Waals surface area contributed by atoms with Gasteiger partial charge in [0.2, 0.25) is 0 Å². The summed E-state index contributed by atoms with van der Waals surface area (Å²) in [6.45, 7) is 12.5. The number of rotatable bonds is 13. The molecule has 6 aromatic rings. The molecule has 2 aliphatic carbocycles. The Labute approximate surface area is 332 Å². The van der Waals surface area contributed by atoms with Crippen LogP contribution in [0.15, 0.2) is 115 Å². The minimum Gasteiger partial charge on any atom is -0.490 e. The van der Waals surface area contributed by atoms with Gasteiger partial charge in [-0.2, -0.15) is 0 Å². The van der Waals surface area contributed by atoms with Crippen LogP contribution in [-0.4, -0.2) is 19.4 Å². The highest BCUT2D eigenvalue weighted by atomic mass is 16.5. The lowest BCUT2D eigenvalue weighted by Gasteiger charge is -2.31. The third-order valence-corrected chi connectivity index (χ3v) is 12.1. The molecule has 0 radical (unpaired) electrons. The lowest BCUT2D eigenvalue weighted by Crippen LogP contribution is -2.26. The largest absolute Gasteiger partial charge is 0.490 e. The quantitative estimate of drug-likeness (QED) is 0.0946. The van der Waals surface area contributed by atoms with Crippen molar-refractivity contribution in [1.82, 2.24) is 0 Å². The van der Waals surface area contributed by atoms with Crippen molar-refractivity contribution in [3.8, 4) is 44.9 Å². The van der Waals surface area contributed by atoms with Crippen LogP contribution in [0, 0.1) is 19.3 Å². The molecule has 0 heterocycles. The Kier molecular flexibility index (Phi) is 10.5. The Balaban J connectivity index is 1.32. The fourth-order valence-electron chi connectivity index (χ4n) is 9.09. The number of unbranched alkanes of at least 4 members (excludes halogenated alkanes) is 4. The molecule has 0 bridgehead atoms. The topological polar surface area (TPSA) is 42.3 Å². The molecule has 0 saturated heterocycles. The lowest BCUT2D eigenvalue weighted by atomic mass is 9.70. The fraction of sp³-hybridized carbons (Fsp3) is 0.264. The van der Waals surface area contributed by atoms with Crippen molar-refractivity contribution in [1.29, 1.82) is 5.41 Å². The van der Waals surface area contributed by atoms with Crippen molar-refractivity contribution in [3.05, 3.63) is 165 Å². The SMILES string of the molecule is CCCCCOc1cc2c(cc1OCCCCC)C1(c3ccccc3-c3cc(-c4cccc(/C(C)=c5\cccc\c5=C\C=N)c4)ccc31)c1cc(C)c(C)cc1-2. The van der Waals surface area contributed by atoms with Crippen LogP contribution in [0.4, 0.5) is 0 Å². The van der Waals surface area contributed by atoms with Gasteiger partial charge in [0.15, 0.2) is 11.5 Å². The summed E-state index contributed by atoms with van der Waals surface area (Å²) in [4.78, 5) is 0. The van der Waals surface area contributed by atoms with Gasteiger partial charge in [-0.25, -0.2) is 0 Å². The van der Waals surface area contributed by atoms with E-state index in [2.05, 4.69) is 144 Å². The van der Waals surface area contributed by atoms with Crippen LogP contribution in [0.3, 0.4) is 0 Å². The van der Waals surface area contributed by atoms with E-state index < -0.39 is 5.41 Å². The van der Waals surface area contributed by atoms with E-state index in [4.69, 9.17) is 14.9 Å². The molecule has 0 aromatic heterocycles. The summed E-state index contributed by atoms with van der Waals surface area (Å²) in [6, 6.07) is 42.9. The van der Waals surface area contributed by atoms with E-state index in [9.17, 15) is 0 Å². The number of hydrogen-bond donors (Lipinski definition) is 1. The van der Waals surface area contributed by atoms with E-state index in [-0.39, 0.29) is 0 Å². The molecule has 56 heavy (non-hydrogen) atoms. The summed E-state index contributed by atoms with van der Waals surface area (Å²) >= 11 is 0. The van der Waals surface area contributed by atoms with Crippen LogP contribution in [0.1, 0.15) is 98.2 Å². The van der Waals surface area contributed by atoms with E-state index in [0.29, 0.717) is 13.2 Å². The van der Waals surface area contributed by atoms with Gasteiger partial charge in [-0.1, -0.05) is 131 Å². The van der Waals surface area contributed by atoms with Gasteiger partial charge in [-0.3, -0.25) is 0 Å². The first kappa shape index (κ1) is 37.3. The molecule has 0 saturated carbocycles. The van der Waals surface area contributed by atoms with Gasteiger partial charge < -0.3 is 14.9 Å². The Bertz CT molecular complexity index is 2580. The van der Waals surface area contributed by atoms with E-state index in [1.54, 1.807) is 0 Å². The molecule has 1 N–H and O–H groups in total. The van der Waals surface area contributed by atoms with Gasteiger partial charge in [0.05, 0.1) is 18.6 Å². The number of nitrogens with one attached hydrogen (secondary N) is 1. The van der Waals surface area contributed by atoms with Crippen molar-refractivity contribution >= 4 is 17.9 Å². The van der Waals surface area contributed by atoms with Crippen LogP contribution < -0.4 is 19.9 Å². The number of benzene rings is 6. The zero-order valence-corrected chi connectivity index (χ0v) is 33.6. The fourth-order valence-corrected chi connectivity index (χ4v) is 9.09. The summed E-state index contributed by atoms with van der Waals surface area (Å²) in [6.07, 6.45) is 9.89. The molecule has 1 spiro atoms. The molecular weight excluding hydrogens is 683 g/mol. The van der Waals surface area contributed by atoms with Gasteiger partial charge >= 0.3 is 0 Å². The highest BCUT2D eigenvalue weighted by Gasteiger charge is 2.52. The summed E-state index contributed by atoms with van der Waals surface area (Å²) in [5, 5.41) is 9.89. The molecule has 8 rings (SSSR count).